The molecule has 0 radical (unpaired) electrons. The summed E-state index contributed by atoms with van der Waals surface area (Å²) in [5.74, 6) is 4.14. The van der Waals surface area contributed by atoms with Crippen LogP contribution in [0, 0.1) is 0 Å². The summed E-state index contributed by atoms with van der Waals surface area (Å²) in [6, 6.07) is 12.6. The van der Waals surface area contributed by atoms with Gasteiger partial charge in [-0.2, -0.15) is 11.8 Å². The van der Waals surface area contributed by atoms with Gasteiger partial charge in [0.05, 0.1) is 19.4 Å². The highest BCUT2D eigenvalue weighted by Crippen LogP contribution is 2.20. The second kappa shape index (κ2) is 11.4. The maximum atomic E-state index is 5.34. The summed E-state index contributed by atoms with van der Waals surface area (Å²) < 4.78 is 5.34. The number of thioether (sulfide) groups is 1. The quantitative estimate of drug-likeness (QED) is 0.371. The number of guanidine groups is 1. The molecule has 0 unspecified atom stereocenters. The molecule has 1 aliphatic rings. The van der Waals surface area contributed by atoms with Crippen molar-refractivity contribution in [1.82, 2.24) is 10.6 Å². The number of anilines is 1. The summed E-state index contributed by atoms with van der Waals surface area (Å²) in [7, 11) is 0. The lowest BCUT2D eigenvalue weighted by molar-refractivity contribution is 0.501. The fourth-order valence-corrected chi connectivity index (χ4v) is 3.63. The van der Waals surface area contributed by atoms with E-state index in [2.05, 4.69) is 51.7 Å². The number of rotatable bonds is 6. The summed E-state index contributed by atoms with van der Waals surface area (Å²) >= 11 is 2.04. The number of nitrogens with one attached hydrogen (secondary N) is 2. The Bertz CT molecular complexity index is 655. The fraction of sp³-hybridized carbons (Fsp3) is 0.421. The molecule has 26 heavy (non-hydrogen) atoms. The first-order chi connectivity index (χ1) is 12.3. The van der Waals surface area contributed by atoms with Crippen LogP contribution in [0.15, 0.2) is 52.1 Å². The molecule has 1 fully saturated rings. The van der Waals surface area contributed by atoms with Crippen molar-refractivity contribution in [2.75, 3.05) is 36.0 Å². The van der Waals surface area contributed by atoms with E-state index in [-0.39, 0.29) is 24.0 Å². The normalized spacial score (nSPS) is 14.7. The van der Waals surface area contributed by atoms with Gasteiger partial charge in [-0.3, -0.25) is 0 Å². The predicted molar refractivity (Wildman–Crippen MR) is 122 cm³/mol. The maximum absolute atomic E-state index is 5.34. The molecular formula is C19H27IN4OS. The van der Waals surface area contributed by atoms with Gasteiger partial charge < -0.3 is 20.0 Å². The number of hydrogen-bond acceptors (Lipinski definition) is 4. The Hall–Kier alpha value is -1.35. The number of furan rings is 1. The lowest BCUT2D eigenvalue weighted by Crippen LogP contribution is -2.36. The van der Waals surface area contributed by atoms with E-state index in [9.17, 15) is 0 Å². The van der Waals surface area contributed by atoms with Gasteiger partial charge in [0.25, 0.3) is 0 Å². The standard InChI is InChI=1S/C19H26N4OS.HI/c1-2-20-19(22-15-18-4-3-11-24-18)21-14-16-5-7-17(8-6-16)23-9-12-25-13-10-23;/h3-8,11H,2,9-10,12-15H2,1H3,(H2,20,21,22);1H. The minimum absolute atomic E-state index is 0. The molecule has 0 amide bonds. The Kier molecular flexibility index (Phi) is 9.17. The number of nitrogens with zero attached hydrogens (tertiary/aromatic N) is 2. The molecule has 0 spiro atoms. The van der Waals surface area contributed by atoms with Crippen molar-refractivity contribution < 1.29 is 4.42 Å². The molecule has 7 heteroatoms. The van der Waals surface area contributed by atoms with Gasteiger partial charge in [0.15, 0.2) is 5.96 Å². The maximum Gasteiger partial charge on any atom is 0.191 e. The Balaban J connectivity index is 0.00000243. The molecule has 142 valence electrons. The second-order valence-corrected chi connectivity index (χ2v) is 7.12. The highest BCUT2D eigenvalue weighted by molar-refractivity contribution is 14.0. The topological polar surface area (TPSA) is 52.8 Å². The van der Waals surface area contributed by atoms with Gasteiger partial charge in [-0.05, 0) is 36.8 Å². The summed E-state index contributed by atoms with van der Waals surface area (Å²) in [5.41, 5.74) is 2.53. The third kappa shape index (κ3) is 6.42. The molecule has 2 aromatic rings. The van der Waals surface area contributed by atoms with Crippen LogP contribution in [0.5, 0.6) is 0 Å². The summed E-state index contributed by atoms with van der Waals surface area (Å²) in [6.45, 7) is 6.47. The van der Waals surface area contributed by atoms with Gasteiger partial charge in [0, 0.05) is 36.8 Å². The average molecular weight is 486 g/mol. The van der Waals surface area contributed by atoms with Gasteiger partial charge in [-0.15, -0.1) is 24.0 Å². The average Bonchev–Trinajstić information content (AvgIpc) is 3.19. The first-order valence-corrected chi connectivity index (χ1v) is 9.97. The lowest BCUT2D eigenvalue weighted by Gasteiger charge is -2.28. The van der Waals surface area contributed by atoms with Crippen LogP contribution in [0.4, 0.5) is 5.69 Å². The molecule has 3 rings (SSSR count). The van der Waals surface area contributed by atoms with Crippen LogP contribution in [0.3, 0.4) is 0 Å². The number of hydrogen-bond donors (Lipinski definition) is 2. The highest BCUT2D eigenvalue weighted by Gasteiger charge is 2.10. The van der Waals surface area contributed by atoms with E-state index < -0.39 is 0 Å². The van der Waals surface area contributed by atoms with E-state index in [1.807, 2.05) is 23.9 Å². The molecule has 2 N–H and O–H groups in total. The fourth-order valence-electron chi connectivity index (χ4n) is 2.73. The van der Waals surface area contributed by atoms with E-state index in [0.29, 0.717) is 13.1 Å². The van der Waals surface area contributed by atoms with Crippen molar-refractivity contribution in [1.29, 1.82) is 0 Å². The van der Waals surface area contributed by atoms with Crippen molar-refractivity contribution in [3.05, 3.63) is 54.0 Å². The van der Waals surface area contributed by atoms with Crippen molar-refractivity contribution >= 4 is 47.4 Å². The van der Waals surface area contributed by atoms with Crippen LogP contribution in [0.1, 0.15) is 18.2 Å². The van der Waals surface area contributed by atoms with Crippen LogP contribution in [0.25, 0.3) is 0 Å². The van der Waals surface area contributed by atoms with Crippen molar-refractivity contribution in [3.63, 3.8) is 0 Å². The van der Waals surface area contributed by atoms with Crippen LogP contribution in [-0.4, -0.2) is 37.1 Å². The first kappa shape index (κ1) is 21.0. The summed E-state index contributed by atoms with van der Waals surface area (Å²) in [6.07, 6.45) is 1.68. The molecule has 5 nitrogen and oxygen atoms in total. The van der Waals surface area contributed by atoms with Crippen molar-refractivity contribution in [3.8, 4) is 0 Å². The highest BCUT2D eigenvalue weighted by atomic mass is 127. The number of benzene rings is 1. The van der Waals surface area contributed by atoms with E-state index in [1.54, 1.807) is 6.26 Å². The largest absolute Gasteiger partial charge is 0.467 e. The Labute approximate surface area is 177 Å². The van der Waals surface area contributed by atoms with E-state index in [0.717, 1.165) is 31.4 Å². The van der Waals surface area contributed by atoms with Gasteiger partial charge in [0.1, 0.15) is 5.76 Å². The predicted octanol–water partition coefficient (Wildman–Crippen LogP) is 3.71. The third-order valence-electron chi connectivity index (χ3n) is 4.09. The second-order valence-electron chi connectivity index (χ2n) is 5.89. The molecule has 1 aromatic heterocycles. The molecule has 0 saturated carbocycles. The lowest BCUT2D eigenvalue weighted by atomic mass is 10.2. The first-order valence-electron chi connectivity index (χ1n) is 8.81. The molecule has 0 atom stereocenters. The SMILES string of the molecule is CCNC(=NCc1ccc(N2CCSCC2)cc1)NCc1ccco1.I. The molecular weight excluding hydrogens is 459 g/mol. The minimum Gasteiger partial charge on any atom is -0.467 e. The monoisotopic (exact) mass is 486 g/mol. The van der Waals surface area contributed by atoms with E-state index in [4.69, 9.17) is 4.42 Å². The molecule has 1 saturated heterocycles. The molecule has 1 aliphatic heterocycles. The van der Waals surface area contributed by atoms with Gasteiger partial charge in [0.2, 0.25) is 0 Å². The van der Waals surface area contributed by atoms with Gasteiger partial charge >= 0.3 is 0 Å². The summed E-state index contributed by atoms with van der Waals surface area (Å²) in [4.78, 5) is 7.12. The number of halogens is 1. The Morgan fingerprint density at radius 1 is 1.15 bits per heavy atom. The Morgan fingerprint density at radius 2 is 1.92 bits per heavy atom. The van der Waals surface area contributed by atoms with Crippen LogP contribution < -0.4 is 15.5 Å². The van der Waals surface area contributed by atoms with Crippen LogP contribution in [-0.2, 0) is 13.1 Å². The van der Waals surface area contributed by atoms with E-state index >= 15 is 0 Å². The molecule has 2 heterocycles. The van der Waals surface area contributed by atoms with Crippen molar-refractivity contribution in [2.24, 2.45) is 4.99 Å². The smallest absolute Gasteiger partial charge is 0.191 e. The number of aliphatic imine (C=N–C) groups is 1. The van der Waals surface area contributed by atoms with E-state index in [1.165, 1.54) is 22.8 Å². The minimum atomic E-state index is 0. The van der Waals surface area contributed by atoms with Crippen molar-refractivity contribution in [2.45, 2.75) is 20.0 Å². The van der Waals surface area contributed by atoms with Crippen LogP contribution in [0.2, 0.25) is 0 Å². The zero-order valence-corrected chi connectivity index (χ0v) is 18.3. The zero-order valence-electron chi connectivity index (χ0n) is 15.1. The molecule has 0 bridgehead atoms. The molecule has 0 aliphatic carbocycles. The Morgan fingerprint density at radius 3 is 2.58 bits per heavy atom. The van der Waals surface area contributed by atoms with Crippen LogP contribution >= 0.6 is 35.7 Å². The third-order valence-corrected chi connectivity index (χ3v) is 5.03. The zero-order chi connectivity index (χ0) is 17.3. The molecule has 1 aromatic carbocycles. The summed E-state index contributed by atoms with van der Waals surface area (Å²) in [5, 5.41) is 6.56. The van der Waals surface area contributed by atoms with Gasteiger partial charge in [-0.1, -0.05) is 12.1 Å². The van der Waals surface area contributed by atoms with Gasteiger partial charge in [-0.25, -0.2) is 4.99 Å².